The van der Waals surface area contributed by atoms with Crippen molar-refractivity contribution in [3.8, 4) is 0 Å². The molecule has 0 aromatic carbocycles. The Bertz CT molecular complexity index is 911. The first-order valence-corrected chi connectivity index (χ1v) is 8.53. The molecule has 0 spiro atoms. The van der Waals surface area contributed by atoms with Crippen molar-refractivity contribution in [3.63, 3.8) is 0 Å². The minimum Gasteiger partial charge on any atom is -0.481 e. The molecule has 1 N–H and O–H groups in total. The predicted octanol–water partition coefficient (Wildman–Crippen LogP) is 2.80. The molecule has 142 valence electrons. The first-order valence-electron chi connectivity index (χ1n) is 8.53. The van der Waals surface area contributed by atoms with Crippen LogP contribution in [0.3, 0.4) is 0 Å². The van der Waals surface area contributed by atoms with Crippen molar-refractivity contribution in [1.29, 1.82) is 0 Å². The summed E-state index contributed by atoms with van der Waals surface area (Å²) in [6, 6.07) is 0. The number of aromatic nitrogens is 2. The van der Waals surface area contributed by atoms with Crippen LogP contribution in [0.15, 0.2) is 39.0 Å². The van der Waals surface area contributed by atoms with E-state index < -0.39 is 11.9 Å². The summed E-state index contributed by atoms with van der Waals surface area (Å²) in [6.45, 7) is 9.06. The summed E-state index contributed by atoms with van der Waals surface area (Å²) in [5.74, 6) is -1.31. The van der Waals surface area contributed by atoms with E-state index in [9.17, 15) is 14.4 Å². The van der Waals surface area contributed by atoms with Gasteiger partial charge in [0.2, 0.25) is 0 Å². The van der Waals surface area contributed by atoms with Gasteiger partial charge in [0.1, 0.15) is 0 Å². The summed E-state index contributed by atoms with van der Waals surface area (Å²) < 4.78 is 2.55. The molecule has 0 aliphatic carbocycles. The van der Waals surface area contributed by atoms with Crippen LogP contribution in [-0.4, -0.2) is 20.2 Å². The molecule has 1 rings (SSSR count). The average molecular weight is 360 g/mol. The van der Waals surface area contributed by atoms with Gasteiger partial charge in [-0.15, -0.1) is 0 Å². The normalized spacial score (nSPS) is 14.5. The lowest BCUT2D eigenvalue weighted by Gasteiger charge is -2.15. The topological polar surface area (TPSA) is 81.3 Å². The summed E-state index contributed by atoms with van der Waals surface area (Å²) in [5, 5.41) is 9.04. The second kappa shape index (κ2) is 8.65. The van der Waals surface area contributed by atoms with E-state index in [4.69, 9.17) is 5.11 Å². The van der Waals surface area contributed by atoms with Crippen LogP contribution in [-0.2, 0) is 18.9 Å². The van der Waals surface area contributed by atoms with Crippen molar-refractivity contribution in [2.75, 3.05) is 0 Å². The minimum atomic E-state index is -0.839. The molecule has 0 aliphatic rings. The van der Waals surface area contributed by atoms with Crippen LogP contribution >= 0.6 is 0 Å². The molecular formula is C20H28N2O4. The lowest BCUT2D eigenvalue weighted by Crippen LogP contribution is -2.40. The van der Waals surface area contributed by atoms with Gasteiger partial charge in [0, 0.05) is 19.8 Å². The number of hydrogen-bond acceptors (Lipinski definition) is 3. The van der Waals surface area contributed by atoms with Crippen molar-refractivity contribution < 1.29 is 9.90 Å². The molecule has 1 aromatic heterocycles. The molecule has 6 heteroatoms. The van der Waals surface area contributed by atoms with Crippen LogP contribution in [0.4, 0.5) is 0 Å². The fraction of sp³-hybridized carbons (Fsp3) is 0.450. The summed E-state index contributed by atoms with van der Waals surface area (Å²) in [7, 11) is 3.10. The van der Waals surface area contributed by atoms with Crippen LogP contribution in [0.5, 0.6) is 0 Å². The third-order valence-electron chi connectivity index (χ3n) is 4.67. The Hall–Kier alpha value is -2.63. The molecule has 6 nitrogen and oxygen atoms in total. The second-order valence-electron chi connectivity index (χ2n) is 6.67. The monoisotopic (exact) mass is 360 g/mol. The molecule has 0 amide bonds. The van der Waals surface area contributed by atoms with Gasteiger partial charge in [0.25, 0.3) is 5.56 Å². The van der Waals surface area contributed by atoms with Crippen LogP contribution in [0.25, 0.3) is 5.57 Å². The number of aliphatic carboxylic acids is 1. The highest BCUT2D eigenvalue weighted by molar-refractivity contribution is 5.80. The number of carbonyl (C=O) groups is 1. The Morgan fingerprint density at radius 1 is 1.15 bits per heavy atom. The summed E-state index contributed by atoms with van der Waals surface area (Å²) in [4.78, 5) is 35.8. The van der Waals surface area contributed by atoms with E-state index >= 15 is 0 Å². The standard InChI is InChI=1S/C20H28N2O4/c1-8-13(3)16(10-9-12(2)11-14(4)19(24)25)17-15(5)21(6)20(26)22(7)18(17)23/h8-10,14H,11H2,1-7H3,(H,24,25)/b12-9+,13-8-,16-10+/t14-/m0/s1. The molecule has 0 fully saturated rings. The molecule has 1 heterocycles. The average Bonchev–Trinajstić information content (AvgIpc) is 2.60. The highest BCUT2D eigenvalue weighted by atomic mass is 16.4. The van der Waals surface area contributed by atoms with Gasteiger partial charge in [0.05, 0.1) is 11.5 Å². The summed E-state index contributed by atoms with van der Waals surface area (Å²) >= 11 is 0. The van der Waals surface area contributed by atoms with Gasteiger partial charge in [-0.1, -0.05) is 30.7 Å². The highest BCUT2D eigenvalue weighted by Gasteiger charge is 2.17. The lowest BCUT2D eigenvalue weighted by molar-refractivity contribution is -0.141. The molecule has 1 atom stereocenters. The fourth-order valence-corrected chi connectivity index (χ4v) is 2.69. The van der Waals surface area contributed by atoms with Crippen LogP contribution in [0.2, 0.25) is 0 Å². The number of allylic oxidation sites excluding steroid dienone is 6. The molecule has 0 bridgehead atoms. The molecule has 0 unspecified atom stereocenters. The Labute approximate surface area is 153 Å². The maximum Gasteiger partial charge on any atom is 0.330 e. The van der Waals surface area contributed by atoms with E-state index in [-0.39, 0.29) is 11.2 Å². The SMILES string of the molecule is C\C=C(C)/C(=C\C=C(/C)C[C@H](C)C(=O)O)c1c(C)n(C)c(=O)n(C)c1=O. The van der Waals surface area contributed by atoms with E-state index in [1.807, 2.05) is 39.0 Å². The third kappa shape index (κ3) is 4.50. The van der Waals surface area contributed by atoms with Gasteiger partial charge in [-0.3, -0.25) is 14.2 Å². The molecule has 0 saturated carbocycles. The van der Waals surface area contributed by atoms with E-state index in [0.717, 1.165) is 21.3 Å². The zero-order valence-electron chi connectivity index (χ0n) is 16.6. The van der Waals surface area contributed by atoms with Gasteiger partial charge in [-0.05, 0) is 45.3 Å². The Morgan fingerprint density at radius 3 is 2.23 bits per heavy atom. The molecule has 0 aliphatic heterocycles. The first-order chi connectivity index (χ1) is 12.0. The zero-order valence-corrected chi connectivity index (χ0v) is 16.6. The molecule has 26 heavy (non-hydrogen) atoms. The number of carboxylic acid groups (broad SMARTS) is 1. The maximum absolute atomic E-state index is 12.7. The lowest BCUT2D eigenvalue weighted by atomic mass is 9.96. The number of hydrogen-bond donors (Lipinski definition) is 1. The summed E-state index contributed by atoms with van der Waals surface area (Å²) in [6.07, 6.45) is 6.00. The Balaban J connectivity index is 3.59. The van der Waals surface area contributed by atoms with Crippen molar-refractivity contribution in [3.05, 3.63) is 61.5 Å². The van der Waals surface area contributed by atoms with Gasteiger partial charge in [-0.2, -0.15) is 0 Å². The van der Waals surface area contributed by atoms with Crippen LogP contribution in [0, 0.1) is 12.8 Å². The quantitative estimate of drug-likeness (QED) is 0.791. The van der Waals surface area contributed by atoms with E-state index in [0.29, 0.717) is 17.7 Å². The van der Waals surface area contributed by atoms with Crippen molar-refractivity contribution in [2.45, 2.75) is 41.0 Å². The largest absolute Gasteiger partial charge is 0.481 e. The minimum absolute atomic E-state index is 0.344. The van der Waals surface area contributed by atoms with E-state index in [2.05, 4.69) is 0 Å². The number of rotatable bonds is 6. The highest BCUT2D eigenvalue weighted by Crippen LogP contribution is 2.23. The summed E-state index contributed by atoms with van der Waals surface area (Å²) in [5.41, 5.74) is 2.89. The molecule has 0 radical (unpaired) electrons. The second-order valence-corrected chi connectivity index (χ2v) is 6.67. The van der Waals surface area contributed by atoms with Crippen molar-refractivity contribution in [2.24, 2.45) is 20.0 Å². The first kappa shape index (κ1) is 21.4. The number of nitrogens with zero attached hydrogens (tertiary/aromatic N) is 2. The smallest absolute Gasteiger partial charge is 0.330 e. The fourth-order valence-electron chi connectivity index (χ4n) is 2.69. The predicted molar refractivity (Wildman–Crippen MR) is 104 cm³/mol. The Morgan fingerprint density at radius 2 is 1.73 bits per heavy atom. The van der Waals surface area contributed by atoms with Gasteiger partial charge < -0.3 is 9.67 Å². The number of carboxylic acids is 1. The Kier molecular flexibility index (Phi) is 7.12. The molecule has 1 aromatic rings. The zero-order chi connectivity index (χ0) is 20.2. The van der Waals surface area contributed by atoms with Gasteiger partial charge in [0.15, 0.2) is 0 Å². The molecular weight excluding hydrogens is 332 g/mol. The molecule has 0 saturated heterocycles. The third-order valence-corrected chi connectivity index (χ3v) is 4.67. The van der Waals surface area contributed by atoms with E-state index in [1.54, 1.807) is 20.9 Å². The van der Waals surface area contributed by atoms with E-state index in [1.165, 1.54) is 11.6 Å². The van der Waals surface area contributed by atoms with Gasteiger partial charge >= 0.3 is 11.7 Å². The van der Waals surface area contributed by atoms with Gasteiger partial charge in [-0.25, -0.2) is 4.79 Å². The maximum atomic E-state index is 12.7. The van der Waals surface area contributed by atoms with Crippen molar-refractivity contribution in [1.82, 2.24) is 9.13 Å². The van der Waals surface area contributed by atoms with Crippen LogP contribution in [0.1, 0.15) is 45.4 Å². The van der Waals surface area contributed by atoms with Crippen LogP contribution < -0.4 is 11.2 Å². The van der Waals surface area contributed by atoms with Crippen molar-refractivity contribution >= 4 is 11.5 Å².